The number of carbonyl (C=O) groups is 4. The fourth-order valence-corrected chi connectivity index (χ4v) is 15.5. The van der Waals surface area contributed by atoms with Gasteiger partial charge in [-0.05, 0) is 12.2 Å². The molecule has 0 N–H and O–H groups in total. The number of carbonyl (C=O) groups excluding carboxylic acids is 4. The molecule has 452 valence electrons. The summed E-state index contributed by atoms with van der Waals surface area (Å²) in [6.45, 7) is -5.06. The molecule has 4 rings (SSSR count). The molecule has 4 fully saturated rings. The van der Waals surface area contributed by atoms with Gasteiger partial charge in [-0.1, -0.05) is 52.5 Å². The number of rotatable bonds is 14. The van der Waals surface area contributed by atoms with Crippen LogP contribution in [-0.4, -0.2) is 189 Å². The molecule has 4 saturated heterocycles. The van der Waals surface area contributed by atoms with Gasteiger partial charge in [0.05, 0.1) is 13.2 Å². The van der Waals surface area contributed by atoms with Gasteiger partial charge in [-0.25, -0.2) is 19.2 Å². The Morgan fingerprint density at radius 1 is 0.372 bits per heavy atom. The number of esters is 4. The van der Waals surface area contributed by atoms with Crippen LogP contribution in [0.3, 0.4) is 0 Å². The Hall–Kier alpha value is -3.00. The lowest BCUT2D eigenvalue weighted by molar-refractivity contribution is -0.153. The molecule has 4 unspecified atom stereocenters. The highest BCUT2D eigenvalue weighted by Crippen LogP contribution is 2.18. The van der Waals surface area contributed by atoms with Crippen molar-refractivity contribution in [3.63, 3.8) is 0 Å². The van der Waals surface area contributed by atoms with Gasteiger partial charge >= 0.3 is 23.9 Å². The Kier molecular flexibility index (Phi) is 30.0. The van der Waals surface area contributed by atoms with Gasteiger partial charge in [0.1, 0.15) is 48.6 Å². The zero-order valence-corrected chi connectivity index (χ0v) is 47.4. The van der Waals surface area contributed by atoms with Crippen molar-refractivity contribution < 1.29 is 156 Å². The van der Waals surface area contributed by atoms with E-state index in [0.29, 0.717) is 6.08 Å². The fourth-order valence-electron chi connectivity index (χ4n) is 4.26. The molecule has 0 aromatic heterocycles. The van der Waals surface area contributed by atoms with E-state index < -0.39 is 201 Å². The summed E-state index contributed by atoms with van der Waals surface area (Å²) in [7, 11) is -35.3. The molecule has 0 aliphatic carbocycles. The van der Waals surface area contributed by atoms with Gasteiger partial charge in [0.25, 0.3) is 93.1 Å². The Bertz CT molecular complexity index is 2980. The van der Waals surface area contributed by atoms with Crippen LogP contribution in [0, 0.1) is 0 Å². The van der Waals surface area contributed by atoms with Crippen LogP contribution in [0.4, 0.5) is 17.6 Å². The first-order chi connectivity index (χ1) is 35.5. The summed E-state index contributed by atoms with van der Waals surface area (Å²) in [6, 6.07) is 0. The number of halogens is 8. The fraction of sp³-hybridized carbons (Fsp3) is 0.600. The molecule has 4 aliphatic heterocycles. The topological polar surface area (TPSA) is 452 Å². The van der Waals surface area contributed by atoms with Crippen molar-refractivity contribution in [2.45, 2.75) is 37.3 Å². The molecule has 0 spiro atoms. The first-order valence-corrected chi connectivity index (χ1v) is 33.4. The third kappa shape index (κ3) is 33.1. The second-order valence-corrected chi connectivity index (χ2v) is 30.0. The summed E-state index contributed by atoms with van der Waals surface area (Å²) >= 11 is 21.2. The third-order valence-corrected chi connectivity index (χ3v) is 21.0. The third-order valence-electron chi connectivity index (χ3n) is 7.10. The van der Waals surface area contributed by atoms with Crippen molar-refractivity contribution in [1.82, 2.24) is 0 Å². The molecule has 0 radical (unpaired) electrons. The largest absolute Gasteiger partial charge is 0.463 e. The molecule has 48 heteroatoms. The van der Waals surface area contributed by atoms with Crippen LogP contribution in [0.2, 0.25) is 0 Å². The highest BCUT2D eigenvalue weighted by atomic mass is 35.5. The average Bonchev–Trinajstić information content (AvgIpc) is 3.58. The second-order valence-electron chi connectivity index (χ2n) is 13.6. The van der Waals surface area contributed by atoms with E-state index in [1.54, 1.807) is 0 Å². The normalized spacial score (nSPS) is 24.7. The van der Waals surface area contributed by atoms with Gasteiger partial charge in [0.15, 0.2) is 24.4 Å². The number of hydrogen-bond acceptors (Lipinski definition) is 32. The minimum atomic E-state index is -4.54. The van der Waals surface area contributed by atoms with Gasteiger partial charge in [0, 0.05) is 18.9 Å². The minimum Gasteiger partial charge on any atom is -0.463 e. The average molecular weight is 1380 g/mol. The van der Waals surface area contributed by atoms with E-state index in [-0.39, 0.29) is 41.1 Å². The smallest absolute Gasteiger partial charge is 0.339 e. The monoisotopic (exact) mass is 1380 g/mol. The van der Waals surface area contributed by atoms with Crippen LogP contribution in [0.1, 0.15) is 12.8 Å². The number of hydrogen-bond donors (Lipinski definition) is 0. The lowest BCUT2D eigenvalue weighted by Crippen LogP contribution is -2.31. The first kappa shape index (κ1) is 73.0. The predicted octanol–water partition coefficient (Wildman–Crippen LogP) is -0.773. The standard InChI is InChI=1S/C8H10Cl2O8S2.C8H10F2O8S2.C7H8Cl2O8S2.C7H8F2O8S2/c2*9-7(10)2-1-3-16-8(11)6-4-17-19(12,13)5-20(14,15)18-6;2*8-6(9)1-2-15-7(10)5-3-16-18(11,12)4-19(13,14)17-5/h2*2,6H,1,3-5H2;2*1,5H,2-4H2. The SMILES string of the molecule is O=C(OCC=C(Cl)Cl)C1COS(=O)(=O)CS(=O)(=O)O1.O=C(OCC=C(F)F)C1COS(=O)(=O)CS(=O)(=O)O1.O=C(OCCC=C(Cl)Cl)C1COS(=O)(=O)CS(=O)(=O)O1.O=C(OCCC=C(F)F)C1COS(=O)(=O)CS(=O)(=O)O1. The molecule has 0 aromatic rings. The van der Waals surface area contributed by atoms with Gasteiger partial charge in [0.2, 0.25) is 20.3 Å². The van der Waals surface area contributed by atoms with Crippen LogP contribution in [-0.2, 0) is 153 Å². The van der Waals surface area contributed by atoms with Gasteiger partial charge in [-0.2, -0.15) is 84.9 Å². The van der Waals surface area contributed by atoms with E-state index >= 15 is 0 Å². The van der Waals surface area contributed by atoms with E-state index in [2.05, 4.69) is 52.4 Å². The molecule has 0 amide bonds. The highest BCUT2D eigenvalue weighted by Gasteiger charge is 2.41. The minimum absolute atomic E-state index is 0.0104. The molecule has 0 aromatic carbocycles. The Labute approximate surface area is 460 Å². The summed E-state index contributed by atoms with van der Waals surface area (Å²) in [4.78, 5) is 45.6. The van der Waals surface area contributed by atoms with Crippen molar-refractivity contribution in [1.29, 1.82) is 0 Å². The maximum absolute atomic E-state index is 11.7. The molecular formula is C30H36Cl4F4O32S8. The van der Waals surface area contributed by atoms with Crippen molar-refractivity contribution in [3.05, 3.63) is 45.4 Å². The molecule has 4 atom stereocenters. The zero-order chi connectivity index (χ0) is 60.1. The van der Waals surface area contributed by atoms with Crippen molar-refractivity contribution in [2.24, 2.45) is 0 Å². The molecular weight excluding hydrogens is 1350 g/mol. The van der Waals surface area contributed by atoms with Crippen LogP contribution < -0.4 is 0 Å². The van der Waals surface area contributed by atoms with E-state index in [1.165, 1.54) is 6.08 Å². The maximum atomic E-state index is 11.7. The molecule has 32 nitrogen and oxygen atoms in total. The molecule has 4 heterocycles. The Morgan fingerprint density at radius 2 is 0.615 bits per heavy atom. The van der Waals surface area contributed by atoms with Gasteiger partial charge in [-0.15, -0.1) is 0 Å². The van der Waals surface area contributed by atoms with Crippen LogP contribution >= 0.6 is 46.4 Å². The summed E-state index contributed by atoms with van der Waals surface area (Å²) in [5.74, 6) is -4.74. The van der Waals surface area contributed by atoms with Gasteiger partial charge in [-0.3, -0.25) is 33.5 Å². The molecule has 4 aliphatic rings. The van der Waals surface area contributed by atoms with E-state index in [0.717, 1.165) is 6.08 Å². The van der Waals surface area contributed by atoms with Crippen LogP contribution in [0.25, 0.3) is 0 Å². The van der Waals surface area contributed by atoms with Crippen molar-refractivity contribution in [3.8, 4) is 0 Å². The zero-order valence-electron chi connectivity index (χ0n) is 37.9. The summed E-state index contributed by atoms with van der Waals surface area (Å²) in [6.07, 6.45) is -7.91. The van der Waals surface area contributed by atoms with E-state index in [4.69, 9.17) is 46.4 Å². The second kappa shape index (κ2) is 32.0. The maximum Gasteiger partial charge on any atom is 0.339 e. The van der Waals surface area contributed by atoms with E-state index in [9.17, 15) is 104 Å². The quantitative estimate of drug-likeness (QED) is 0.0677. The van der Waals surface area contributed by atoms with Crippen LogP contribution in [0.5, 0.6) is 0 Å². The summed E-state index contributed by atoms with van der Waals surface area (Å²) in [5.41, 5.74) is 0. The highest BCUT2D eigenvalue weighted by molar-refractivity contribution is 8.05. The Balaban J connectivity index is 0.000000520. The molecule has 0 bridgehead atoms. The van der Waals surface area contributed by atoms with Crippen molar-refractivity contribution >= 4 is 151 Å². The lowest BCUT2D eigenvalue weighted by Gasteiger charge is -2.11. The number of ether oxygens (including phenoxy) is 4. The predicted molar refractivity (Wildman–Crippen MR) is 247 cm³/mol. The summed E-state index contributed by atoms with van der Waals surface area (Å²) < 4.78 is 277. The van der Waals surface area contributed by atoms with E-state index in [1.807, 2.05) is 0 Å². The van der Waals surface area contributed by atoms with Gasteiger partial charge < -0.3 is 18.9 Å². The summed E-state index contributed by atoms with van der Waals surface area (Å²) in [5, 5.41) is -5.58. The Morgan fingerprint density at radius 3 is 0.872 bits per heavy atom. The lowest BCUT2D eigenvalue weighted by atomic mass is 10.4. The first-order valence-electron chi connectivity index (χ1n) is 19.3. The van der Waals surface area contributed by atoms with Crippen LogP contribution in [0.15, 0.2) is 45.4 Å². The molecule has 0 saturated carbocycles. The van der Waals surface area contributed by atoms with Crippen molar-refractivity contribution in [2.75, 3.05) is 73.2 Å². The molecule has 78 heavy (non-hydrogen) atoms.